The molecule has 0 aromatic carbocycles. The second-order valence-corrected chi connectivity index (χ2v) is 8.89. The van der Waals surface area contributed by atoms with Gasteiger partial charge in [0, 0.05) is 15.9 Å². The van der Waals surface area contributed by atoms with Crippen molar-refractivity contribution in [3.63, 3.8) is 0 Å². The lowest BCUT2D eigenvalue weighted by molar-refractivity contribution is -0.151. The topological polar surface area (TPSA) is 26.3 Å². The van der Waals surface area contributed by atoms with E-state index in [0.717, 1.165) is 18.8 Å². The molecule has 122 valence electrons. The fourth-order valence-corrected chi connectivity index (χ4v) is 5.73. The van der Waals surface area contributed by atoms with Crippen molar-refractivity contribution in [2.45, 2.75) is 62.9 Å². The quantitative estimate of drug-likeness (QED) is 0.181. The zero-order chi connectivity index (χ0) is 16.0. The van der Waals surface area contributed by atoms with E-state index in [1.54, 1.807) is 6.92 Å². The van der Waals surface area contributed by atoms with Crippen LogP contribution in [0, 0.1) is 17.8 Å². The summed E-state index contributed by atoms with van der Waals surface area (Å²) in [5, 5.41) is 0. The van der Waals surface area contributed by atoms with Gasteiger partial charge in [0.25, 0.3) is 0 Å². The van der Waals surface area contributed by atoms with Gasteiger partial charge in [0.1, 0.15) is 0 Å². The molecule has 1 fully saturated rings. The Morgan fingerprint density at radius 2 is 2.00 bits per heavy atom. The molecule has 0 aromatic heterocycles. The molecule has 2 unspecified atom stereocenters. The maximum absolute atomic E-state index is 12.0. The summed E-state index contributed by atoms with van der Waals surface area (Å²) in [5.74, 6) is 1.64. The van der Waals surface area contributed by atoms with Gasteiger partial charge in [-0.1, -0.05) is 55.9 Å². The molecule has 0 radical (unpaired) electrons. The summed E-state index contributed by atoms with van der Waals surface area (Å²) in [6.07, 6.45) is 7.20. The molecule has 0 aromatic rings. The molecule has 1 aliphatic rings. The van der Waals surface area contributed by atoms with Crippen molar-refractivity contribution in [2.24, 2.45) is 17.8 Å². The van der Waals surface area contributed by atoms with E-state index in [4.69, 9.17) is 4.74 Å². The molecule has 1 aliphatic carbocycles. The molecule has 0 amide bonds. The minimum Gasteiger partial charge on any atom is -0.445 e. The molecule has 1 rings (SSSR count). The Bertz CT molecular complexity index is 370. The number of esters is 1. The molecule has 1 saturated carbocycles. The van der Waals surface area contributed by atoms with Crippen molar-refractivity contribution in [1.82, 2.24) is 0 Å². The third-order valence-electron chi connectivity index (χ3n) is 4.77. The van der Waals surface area contributed by atoms with Crippen molar-refractivity contribution in [3.05, 3.63) is 12.2 Å². The van der Waals surface area contributed by atoms with Gasteiger partial charge in [-0.2, -0.15) is 0 Å². The first-order valence-corrected chi connectivity index (χ1v) is 10.6. The first-order chi connectivity index (χ1) is 9.89. The van der Waals surface area contributed by atoms with Gasteiger partial charge in [-0.15, -0.1) is 0 Å². The third kappa shape index (κ3) is 5.08. The van der Waals surface area contributed by atoms with E-state index in [0.29, 0.717) is 17.4 Å². The van der Waals surface area contributed by atoms with Crippen molar-refractivity contribution in [3.8, 4) is 0 Å². The Balaban J connectivity index is 2.96. The van der Waals surface area contributed by atoms with E-state index in [1.807, 2.05) is 0 Å². The van der Waals surface area contributed by atoms with Crippen LogP contribution in [0.25, 0.3) is 0 Å². The highest BCUT2D eigenvalue weighted by molar-refractivity contribution is 14.1. The summed E-state index contributed by atoms with van der Waals surface area (Å²) in [6, 6.07) is 0. The average Bonchev–Trinajstić information content (AvgIpc) is 2.48. The normalized spacial score (nSPS) is 26.7. The average molecular weight is 518 g/mol. The standard InChI is InChI=1S/C17H28I2O2/c1-5-15(14-10-8-7-9-13(14)11-18)17(19,6-2)21-16(20)12(3)4/h13-15H,3,5-11H2,1-2,4H3/t13-,14?,15?,17+/m0/s1. The summed E-state index contributed by atoms with van der Waals surface area (Å²) in [5.41, 5.74) is 0.494. The number of carbonyl (C=O) groups excluding carboxylic acids is 1. The Kier molecular flexibility index (Phi) is 8.53. The van der Waals surface area contributed by atoms with Crippen molar-refractivity contribution in [1.29, 1.82) is 0 Å². The van der Waals surface area contributed by atoms with Gasteiger partial charge in [0.05, 0.1) is 0 Å². The Morgan fingerprint density at radius 3 is 2.48 bits per heavy atom. The highest BCUT2D eigenvalue weighted by Crippen LogP contribution is 2.47. The molecule has 0 spiro atoms. The molecule has 0 saturated heterocycles. The van der Waals surface area contributed by atoms with E-state index in [1.165, 1.54) is 30.1 Å². The highest BCUT2D eigenvalue weighted by Gasteiger charge is 2.44. The van der Waals surface area contributed by atoms with Crippen LogP contribution in [-0.2, 0) is 9.53 Å². The molecule has 0 heterocycles. The summed E-state index contributed by atoms with van der Waals surface area (Å²) >= 11 is 4.92. The minimum atomic E-state index is -0.394. The van der Waals surface area contributed by atoms with E-state index in [2.05, 4.69) is 65.6 Å². The lowest BCUT2D eigenvalue weighted by atomic mass is 9.70. The molecule has 0 N–H and O–H groups in total. The number of ether oxygens (including phenoxy) is 1. The van der Waals surface area contributed by atoms with Crippen molar-refractivity contribution >= 4 is 51.2 Å². The predicted molar refractivity (Wildman–Crippen MR) is 106 cm³/mol. The number of alkyl halides is 2. The number of halogens is 2. The van der Waals surface area contributed by atoms with Crippen LogP contribution >= 0.6 is 45.2 Å². The lowest BCUT2D eigenvalue weighted by Crippen LogP contribution is -2.43. The minimum absolute atomic E-state index is 0.244. The second kappa shape index (κ2) is 9.08. The molecule has 4 atom stereocenters. The van der Waals surface area contributed by atoms with Crippen LogP contribution in [0.15, 0.2) is 12.2 Å². The van der Waals surface area contributed by atoms with Gasteiger partial charge < -0.3 is 4.74 Å². The zero-order valence-electron chi connectivity index (χ0n) is 13.5. The Labute approximate surface area is 157 Å². The fraction of sp³-hybridized carbons (Fsp3) is 0.824. The maximum atomic E-state index is 12.0. The molecule has 2 nitrogen and oxygen atoms in total. The monoisotopic (exact) mass is 518 g/mol. The van der Waals surface area contributed by atoms with Gasteiger partial charge in [0.15, 0.2) is 3.61 Å². The van der Waals surface area contributed by atoms with Crippen LogP contribution in [-0.4, -0.2) is 14.0 Å². The highest BCUT2D eigenvalue weighted by atomic mass is 127. The lowest BCUT2D eigenvalue weighted by Gasteiger charge is -2.44. The largest absolute Gasteiger partial charge is 0.445 e. The van der Waals surface area contributed by atoms with Gasteiger partial charge >= 0.3 is 5.97 Å². The molecular formula is C17H28I2O2. The van der Waals surface area contributed by atoms with Crippen molar-refractivity contribution < 1.29 is 9.53 Å². The number of hydrogen-bond donors (Lipinski definition) is 0. The van der Waals surface area contributed by atoms with Crippen LogP contribution in [0.2, 0.25) is 0 Å². The molecule has 0 bridgehead atoms. The van der Waals surface area contributed by atoms with Gasteiger partial charge in [-0.05, 0) is 67.0 Å². The summed E-state index contributed by atoms with van der Waals surface area (Å²) in [4.78, 5) is 12.0. The Morgan fingerprint density at radius 1 is 1.38 bits per heavy atom. The van der Waals surface area contributed by atoms with Gasteiger partial charge in [-0.25, -0.2) is 4.79 Å². The molecule has 0 aliphatic heterocycles. The zero-order valence-corrected chi connectivity index (χ0v) is 17.8. The van der Waals surface area contributed by atoms with E-state index in [-0.39, 0.29) is 5.97 Å². The third-order valence-corrected chi connectivity index (χ3v) is 7.68. The SMILES string of the molecule is C=C(C)C(=O)O[C@](I)(CC)C(CC)C1CCCC[C@H]1CI. The Hall–Kier alpha value is 0.670. The van der Waals surface area contributed by atoms with Crippen LogP contribution in [0.5, 0.6) is 0 Å². The molecule has 21 heavy (non-hydrogen) atoms. The maximum Gasteiger partial charge on any atom is 0.334 e. The van der Waals surface area contributed by atoms with E-state index < -0.39 is 3.61 Å². The number of hydrogen-bond acceptors (Lipinski definition) is 2. The van der Waals surface area contributed by atoms with Crippen LogP contribution in [0.1, 0.15) is 59.3 Å². The first-order valence-electron chi connectivity index (χ1n) is 8.03. The van der Waals surface area contributed by atoms with E-state index in [9.17, 15) is 4.79 Å². The van der Waals surface area contributed by atoms with E-state index >= 15 is 0 Å². The predicted octanol–water partition coefficient (Wildman–Crippen LogP) is 5.91. The summed E-state index contributed by atoms with van der Waals surface area (Å²) < 4.78 is 6.71. The van der Waals surface area contributed by atoms with Crippen LogP contribution < -0.4 is 0 Å². The van der Waals surface area contributed by atoms with Crippen LogP contribution in [0.3, 0.4) is 0 Å². The van der Waals surface area contributed by atoms with Gasteiger partial charge in [-0.3, -0.25) is 0 Å². The molecule has 4 heteroatoms. The van der Waals surface area contributed by atoms with Crippen LogP contribution in [0.4, 0.5) is 0 Å². The summed E-state index contributed by atoms with van der Waals surface area (Å²) in [7, 11) is 0. The fourth-order valence-electron chi connectivity index (χ4n) is 3.54. The van der Waals surface area contributed by atoms with Crippen molar-refractivity contribution in [2.75, 3.05) is 4.43 Å². The smallest absolute Gasteiger partial charge is 0.334 e. The number of rotatable bonds is 7. The number of carbonyl (C=O) groups is 1. The summed E-state index contributed by atoms with van der Waals surface area (Å²) in [6.45, 7) is 9.81. The second-order valence-electron chi connectivity index (χ2n) is 6.19. The molecular weight excluding hydrogens is 490 g/mol. The van der Waals surface area contributed by atoms with Gasteiger partial charge in [0.2, 0.25) is 0 Å². The first kappa shape index (κ1) is 19.7.